The van der Waals surface area contributed by atoms with Gasteiger partial charge in [0.15, 0.2) is 5.16 Å². The third-order valence-corrected chi connectivity index (χ3v) is 2.64. The minimum absolute atomic E-state index is 0.210. The summed E-state index contributed by atoms with van der Waals surface area (Å²) >= 11 is 1.25. The maximum absolute atomic E-state index is 10.9. The molecule has 0 aliphatic rings. The molecular formula is C8H10N4OS. The van der Waals surface area contributed by atoms with Crippen LogP contribution in [-0.2, 0) is 0 Å². The van der Waals surface area contributed by atoms with E-state index in [1.165, 1.54) is 24.0 Å². The van der Waals surface area contributed by atoms with Crippen molar-refractivity contribution in [3.8, 4) is 6.07 Å². The maximum atomic E-state index is 10.9. The average Bonchev–Trinajstić information content (AvgIpc) is 2.15. The predicted molar refractivity (Wildman–Crippen MR) is 53.8 cm³/mol. The van der Waals surface area contributed by atoms with Crippen molar-refractivity contribution in [1.82, 2.24) is 9.97 Å². The third kappa shape index (κ3) is 3.20. The second kappa shape index (κ2) is 4.26. The highest BCUT2D eigenvalue weighted by Crippen LogP contribution is 2.15. The average molecular weight is 210 g/mol. The van der Waals surface area contributed by atoms with Crippen LogP contribution in [0.5, 0.6) is 0 Å². The molecule has 74 valence electrons. The summed E-state index contributed by atoms with van der Waals surface area (Å²) in [6.07, 6.45) is 1.42. The van der Waals surface area contributed by atoms with E-state index in [9.17, 15) is 4.79 Å². The van der Waals surface area contributed by atoms with Crippen molar-refractivity contribution in [2.45, 2.75) is 17.6 Å². The summed E-state index contributed by atoms with van der Waals surface area (Å²) < 4.78 is 0. The van der Waals surface area contributed by atoms with E-state index in [0.717, 1.165) is 0 Å². The van der Waals surface area contributed by atoms with Gasteiger partial charge in [-0.05, 0) is 6.92 Å². The first-order chi connectivity index (χ1) is 6.53. The molecule has 1 atom stereocenters. The molecule has 0 spiro atoms. The van der Waals surface area contributed by atoms with Gasteiger partial charge < -0.3 is 10.7 Å². The number of H-pyrrole nitrogens is 1. The fourth-order valence-electron chi connectivity index (χ4n) is 0.676. The summed E-state index contributed by atoms with van der Waals surface area (Å²) in [5.74, 6) is 0.385. The number of nitrogens with two attached hydrogens (primary N) is 1. The van der Waals surface area contributed by atoms with E-state index in [2.05, 4.69) is 9.97 Å². The number of thioether (sulfide) groups is 1. The van der Waals surface area contributed by atoms with Crippen LogP contribution in [0.2, 0.25) is 0 Å². The fourth-order valence-corrected chi connectivity index (χ4v) is 1.49. The largest absolute Gasteiger partial charge is 0.313 e. The van der Waals surface area contributed by atoms with Crippen LogP contribution in [0, 0.1) is 11.3 Å². The molecule has 0 radical (unpaired) electrons. The Bertz CT molecular complexity index is 406. The van der Waals surface area contributed by atoms with Gasteiger partial charge in [-0.15, -0.1) is 0 Å². The lowest BCUT2D eigenvalue weighted by atomic mass is 10.1. The monoisotopic (exact) mass is 210 g/mol. The Balaban J connectivity index is 2.64. The van der Waals surface area contributed by atoms with E-state index in [1.54, 1.807) is 6.92 Å². The molecule has 1 aromatic heterocycles. The molecule has 5 nitrogen and oxygen atoms in total. The minimum Gasteiger partial charge on any atom is -0.313 e. The van der Waals surface area contributed by atoms with Crippen molar-refractivity contribution in [1.29, 1.82) is 5.26 Å². The number of hydrogen-bond acceptors (Lipinski definition) is 5. The van der Waals surface area contributed by atoms with E-state index < -0.39 is 5.54 Å². The molecule has 0 saturated carbocycles. The van der Waals surface area contributed by atoms with Crippen molar-refractivity contribution in [2.24, 2.45) is 5.73 Å². The fraction of sp³-hybridized carbons (Fsp3) is 0.375. The van der Waals surface area contributed by atoms with Gasteiger partial charge in [-0.3, -0.25) is 4.79 Å². The van der Waals surface area contributed by atoms with Gasteiger partial charge in [-0.25, -0.2) is 4.98 Å². The SMILES string of the molecule is CC(N)(C#N)CSc1nccc(=O)[nH]1. The molecule has 0 aliphatic heterocycles. The molecule has 0 bridgehead atoms. The smallest absolute Gasteiger partial charge is 0.251 e. The van der Waals surface area contributed by atoms with Crippen LogP contribution in [0.15, 0.2) is 22.2 Å². The van der Waals surface area contributed by atoms with Crippen LogP contribution in [0.1, 0.15) is 6.92 Å². The molecule has 1 rings (SSSR count). The second-order valence-corrected chi connectivity index (χ2v) is 4.02. The molecule has 1 heterocycles. The van der Waals surface area contributed by atoms with Crippen LogP contribution in [0.25, 0.3) is 0 Å². The number of nitriles is 1. The predicted octanol–water partition coefficient (Wildman–Crippen LogP) is 0.103. The number of aromatic amines is 1. The molecule has 1 aromatic rings. The number of nitrogens with zero attached hydrogens (tertiary/aromatic N) is 2. The van der Waals surface area contributed by atoms with E-state index in [1.807, 2.05) is 6.07 Å². The Kier molecular flexibility index (Phi) is 3.28. The van der Waals surface area contributed by atoms with Gasteiger partial charge in [-0.2, -0.15) is 5.26 Å². The van der Waals surface area contributed by atoms with Gasteiger partial charge >= 0.3 is 0 Å². The lowest BCUT2D eigenvalue weighted by molar-refractivity contribution is 0.680. The zero-order chi connectivity index (χ0) is 10.6. The zero-order valence-corrected chi connectivity index (χ0v) is 8.47. The van der Waals surface area contributed by atoms with E-state index in [4.69, 9.17) is 11.0 Å². The summed E-state index contributed by atoms with van der Waals surface area (Å²) in [4.78, 5) is 17.3. The number of hydrogen-bond donors (Lipinski definition) is 2. The first-order valence-corrected chi connectivity index (χ1v) is 4.90. The molecular weight excluding hydrogens is 200 g/mol. The first-order valence-electron chi connectivity index (χ1n) is 3.92. The Morgan fingerprint density at radius 2 is 2.57 bits per heavy atom. The third-order valence-electron chi connectivity index (χ3n) is 1.41. The zero-order valence-electron chi connectivity index (χ0n) is 7.65. The topological polar surface area (TPSA) is 95.6 Å². The van der Waals surface area contributed by atoms with E-state index >= 15 is 0 Å². The minimum atomic E-state index is -0.904. The second-order valence-electron chi connectivity index (χ2n) is 3.06. The van der Waals surface area contributed by atoms with Crippen LogP contribution >= 0.6 is 11.8 Å². The molecule has 0 aromatic carbocycles. The molecule has 0 aliphatic carbocycles. The molecule has 3 N–H and O–H groups in total. The molecule has 6 heteroatoms. The van der Waals surface area contributed by atoms with Gasteiger partial charge in [0, 0.05) is 18.0 Å². The number of nitrogens with one attached hydrogen (secondary N) is 1. The summed E-state index contributed by atoms with van der Waals surface area (Å²) in [6, 6.07) is 3.29. The van der Waals surface area contributed by atoms with Gasteiger partial charge in [0.05, 0.1) is 6.07 Å². The molecule has 0 fully saturated rings. The highest BCUT2D eigenvalue weighted by Gasteiger charge is 2.17. The van der Waals surface area contributed by atoms with Gasteiger partial charge in [0.1, 0.15) is 5.54 Å². The molecule has 1 unspecified atom stereocenters. The van der Waals surface area contributed by atoms with E-state index in [0.29, 0.717) is 10.9 Å². The van der Waals surface area contributed by atoms with Crippen LogP contribution in [0.4, 0.5) is 0 Å². The molecule has 0 saturated heterocycles. The summed E-state index contributed by atoms with van der Waals surface area (Å²) in [5, 5.41) is 9.12. The Hall–Kier alpha value is -1.32. The normalized spacial score (nSPS) is 14.4. The van der Waals surface area contributed by atoms with Crippen LogP contribution in [0.3, 0.4) is 0 Å². The van der Waals surface area contributed by atoms with Crippen molar-refractivity contribution in [3.63, 3.8) is 0 Å². The lowest BCUT2D eigenvalue weighted by Gasteiger charge is -2.13. The standard InChI is InChI=1S/C8H10N4OS/c1-8(10,4-9)5-14-7-11-3-2-6(13)12-7/h2-3H,5,10H2,1H3,(H,11,12,13). The summed E-state index contributed by atoms with van der Waals surface area (Å²) in [6.45, 7) is 1.63. The van der Waals surface area contributed by atoms with Crippen molar-refractivity contribution in [3.05, 3.63) is 22.6 Å². The van der Waals surface area contributed by atoms with Crippen LogP contribution < -0.4 is 11.3 Å². The molecule has 0 amide bonds. The summed E-state index contributed by atoms with van der Waals surface area (Å²) in [7, 11) is 0. The van der Waals surface area contributed by atoms with Crippen LogP contribution in [-0.4, -0.2) is 21.3 Å². The van der Waals surface area contributed by atoms with E-state index in [-0.39, 0.29) is 5.56 Å². The number of rotatable bonds is 3. The van der Waals surface area contributed by atoms with Gasteiger partial charge in [0.25, 0.3) is 5.56 Å². The summed E-state index contributed by atoms with van der Waals surface area (Å²) in [5.41, 5.74) is 4.49. The molecule has 14 heavy (non-hydrogen) atoms. The maximum Gasteiger partial charge on any atom is 0.251 e. The highest BCUT2D eigenvalue weighted by atomic mass is 32.2. The quantitative estimate of drug-likeness (QED) is 0.545. The Morgan fingerprint density at radius 3 is 3.14 bits per heavy atom. The van der Waals surface area contributed by atoms with Crippen molar-refractivity contribution in [2.75, 3.05) is 5.75 Å². The first kappa shape index (κ1) is 10.8. The van der Waals surface area contributed by atoms with Gasteiger partial charge in [-0.1, -0.05) is 11.8 Å². The Morgan fingerprint density at radius 1 is 1.86 bits per heavy atom. The lowest BCUT2D eigenvalue weighted by Crippen LogP contribution is -2.37. The Labute approximate surface area is 85.3 Å². The van der Waals surface area contributed by atoms with Crippen molar-refractivity contribution >= 4 is 11.8 Å². The van der Waals surface area contributed by atoms with Crippen molar-refractivity contribution < 1.29 is 0 Å². The van der Waals surface area contributed by atoms with Gasteiger partial charge in [0.2, 0.25) is 0 Å². The highest BCUT2D eigenvalue weighted by molar-refractivity contribution is 7.99. The number of aromatic nitrogens is 2.